The van der Waals surface area contributed by atoms with Gasteiger partial charge >= 0.3 is 6.18 Å². The van der Waals surface area contributed by atoms with Crippen molar-refractivity contribution in [2.24, 2.45) is 5.92 Å². The van der Waals surface area contributed by atoms with Gasteiger partial charge in [0.25, 0.3) is 5.91 Å². The van der Waals surface area contributed by atoms with E-state index in [-0.39, 0.29) is 25.6 Å². The lowest BCUT2D eigenvalue weighted by Crippen LogP contribution is -2.64. The fraction of sp³-hybridized carbons (Fsp3) is 0.379. The molecule has 0 spiro atoms. The summed E-state index contributed by atoms with van der Waals surface area (Å²) in [5.41, 5.74) is 6.79. The first-order chi connectivity index (χ1) is 20.7. The summed E-state index contributed by atoms with van der Waals surface area (Å²) in [6.07, 6.45) is -0.182. The van der Waals surface area contributed by atoms with Crippen molar-refractivity contribution < 1.29 is 27.5 Å². The van der Waals surface area contributed by atoms with Crippen molar-refractivity contribution in [3.63, 3.8) is 0 Å². The molecule has 226 valence electrons. The Bertz CT molecular complexity index is 1480. The molecule has 3 atom stereocenters. The fourth-order valence-electron chi connectivity index (χ4n) is 5.98. The van der Waals surface area contributed by atoms with Crippen molar-refractivity contribution in [2.75, 3.05) is 44.2 Å². The van der Waals surface area contributed by atoms with E-state index in [9.17, 15) is 22.8 Å². The number of nitrogens with zero attached hydrogens (tertiary/aromatic N) is 5. The molecule has 3 aromatic rings. The molecule has 10 nitrogen and oxygen atoms in total. The average molecular weight is 616 g/mol. The number of hydrazine groups is 1. The molecule has 6 rings (SSSR count). The topological polar surface area (TPSA) is 103 Å². The molecule has 2 fully saturated rings. The number of nitrogens with one attached hydrogen (secondary N) is 2. The zero-order valence-electron chi connectivity index (χ0n) is 22.9. The van der Waals surface area contributed by atoms with E-state index in [4.69, 9.17) is 16.3 Å². The molecular formula is C29H29ClF3N7O3. The van der Waals surface area contributed by atoms with Crippen LogP contribution < -0.4 is 20.5 Å². The van der Waals surface area contributed by atoms with E-state index in [2.05, 4.69) is 25.7 Å². The van der Waals surface area contributed by atoms with Gasteiger partial charge in [0, 0.05) is 57.7 Å². The maximum absolute atomic E-state index is 14.0. The SMILES string of the molecule is O=C1NNCC(N2Cc3ccccc3[C@H]2COc2cncc(C(=O)N3CCN(c4ccc(Cl)cn4)CC3)c2)C1C(F)(F)F. The minimum Gasteiger partial charge on any atom is -0.490 e. The van der Waals surface area contributed by atoms with Gasteiger partial charge in [-0.3, -0.25) is 24.9 Å². The number of hydrogen-bond donors (Lipinski definition) is 2. The minimum atomic E-state index is -4.72. The van der Waals surface area contributed by atoms with Crippen LogP contribution in [0.5, 0.6) is 5.75 Å². The van der Waals surface area contributed by atoms with E-state index in [1.807, 2.05) is 30.3 Å². The second-order valence-electron chi connectivity index (χ2n) is 10.7. The van der Waals surface area contributed by atoms with Crippen LogP contribution in [0.15, 0.2) is 61.1 Å². The van der Waals surface area contributed by atoms with Gasteiger partial charge in [-0.25, -0.2) is 10.4 Å². The number of anilines is 1. The van der Waals surface area contributed by atoms with Gasteiger partial charge in [0.05, 0.1) is 22.8 Å². The summed E-state index contributed by atoms with van der Waals surface area (Å²) in [6, 6.07) is 10.9. The molecule has 14 heteroatoms. The lowest BCUT2D eigenvalue weighted by atomic mass is 9.94. The summed E-state index contributed by atoms with van der Waals surface area (Å²) < 4.78 is 48.1. The summed E-state index contributed by atoms with van der Waals surface area (Å²) in [4.78, 5) is 39.6. The Balaban J connectivity index is 1.14. The zero-order chi connectivity index (χ0) is 30.1. The zero-order valence-corrected chi connectivity index (χ0v) is 23.7. The molecule has 2 N–H and O–H groups in total. The third-order valence-electron chi connectivity index (χ3n) is 8.11. The molecule has 2 amide bonds. The molecule has 43 heavy (non-hydrogen) atoms. The molecule has 0 radical (unpaired) electrons. The highest BCUT2D eigenvalue weighted by molar-refractivity contribution is 6.30. The normalized spacial score (nSPS) is 22.7. The molecule has 3 aliphatic heterocycles. The molecular weight excluding hydrogens is 587 g/mol. The van der Waals surface area contributed by atoms with Crippen molar-refractivity contribution in [1.82, 2.24) is 30.6 Å². The number of ether oxygens (including phenoxy) is 1. The Morgan fingerprint density at radius 2 is 1.86 bits per heavy atom. The second kappa shape index (κ2) is 12.0. The van der Waals surface area contributed by atoms with Crippen LogP contribution in [0.1, 0.15) is 27.5 Å². The van der Waals surface area contributed by atoms with Gasteiger partial charge in [-0.2, -0.15) is 13.2 Å². The predicted molar refractivity (Wildman–Crippen MR) is 151 cm³/mol. The molecule has 2 unspecified atom stereocenters. The monoisotopic (exact) mass is 615 g/mol. The van der Waals surface area contributed by atoms with Gasteiger partial charge < -0.3 is 14.5 Å². The van der Waals surface area contributed by atoms with Crippen molar-refractivity contribution >= 4 is 29.2 Å². The number of benzene rings is 1. The Kier molecular flexibility index (Phi) is 8.12. The van der Waals surface area contributed by atoms with Crippen molar-refractivity contribution in [1.29, 1.82) is 0 Å². The smallest absolute Gasteiger partial charge is 0.402 e. The van der Waals surface area contributed by atoms with Crippen LogP contribution in [0.2, 0.25) is 5.02 Å². The van der Waals surface area contributed by atoms with Crippen LogP contribution in [0.4, 0.5) is 19.0 Å². The van der Waals surface area contributed by atoms with E-state index in [1.54, 1.807) is 28.1 Å². The number of halogens is 4. The molecule has 0 saturated carbocycles. The maximum Gasteiger partial charge on any atom is 0.402 e. The highest BCUT2D eigenvalue weighted by Gasteiger charge is 2.55. The Morgan fingerprint density at radius 1 is 1.07 bits per heavy atom. The molecule has 2 aromatic heterocycles. The number of pyridine rings is 2. The van der Waals surface area contributed by atoms with Crippen LogP contribution >= 0.6 is 11.6 Å². The van der Waals surface area contributed by atoms with E-state index in [0.717, 1.165) is 16.9 Å². The van der Waals surface area contributed by atoms with E-state index >= 15 is 0 Å². The second-order valence-corrected chi connectivity index (χ2v) is 11.1. The van der Waals surface area contributed by atoms with Crippen LogP contribution in [0, 0.1) is 5.92 Å². The van der Waals surface area contributed by atoms with Gasteiger partial charge in [0.1, 0.15) is 18.2 Å². The Labute approximate surface area is 250 Å². The molecule has 5 heterocycles. The van der Waals surface area contributed by atoms with Crippen molar-refractivity contribution in [3.05, 3.63) is 82.8 Å². The number of rotatable bonds is 6. The summed E-state index contributed by atoms with van der Waals surface area (Å²) in [7, 11) is 0. The Morgan fingerprint density at radius 3 is 2.60 bits per heavy atom. The highest BCUT2D eigenvalue weighted by atomic mass is 35.5. The van der Waals surface area contributed by atoms with E-state index < -0.39 is 30.1 Å². The van der Waals surface area contributed by atoms with E-state index in [0.29, 0.717) is 42.5 Å². The minimum absolute atomic E-state index is 0.00575. The number of carbonyl (C=O) groups is 2. The van der Waals surface area contributed by atoms with Crippen LogP contribution in [0.3, 0.4) is 0 Å². The molecule has 3 aliphatic rings. The summed E-state index contributed by atoms with van der Waals surface area (Å²) in [5.74, 6) is -2.38. The first-order valence-electron chi connectivity index (χ1n) is 13.9. The van der Waals surface area contributed by atoms with Crippen LogP contribution in [0.25, 0.3) is 0 Å². The van der Waals surface area contributed by atoms with Crippen molar-refractivity contribution in [2.45, 2.75) is 24.8 Å². The number of alkyl halides is 3. The van der Waals surface area contributed by atoms with Gasteiger partial charge in [-0.05, 0) is 29.3 Å². The maximum atomic E-state index is 14.0. The number of hydrogen-bond acceptors (Lipinski definition) is 8. The standard InChI is InChI=1S/C29H29ClF3N7O3/c30-20-5-6-25(35-13-20)38-7-9-39(10-8-38)28(42)19-11-21(14-34-12-19)43-17-24-22-4-2-1-3-18(22)16-40(24)23-15-36-37-27(41)26(23)29(31,32)33/h1-6,11-14,23-24,26,36H,7-10,15-17H2,(H,37,41)/t23?,24-,26?/m1/s1. The quantitative estimate of drug-likeness (QED) is 0.436. The molecule has 1 aromatic carbocycles. The first-order valence-corrected chi connectivity index (χ1v) is 14.2. The fourth-order valence-corrected chi connectivity index (χ4v) is 6.09. The van der Waals surface area contributed by atoms with Crippen LogP contribution in [-0.4, -0.2) is 83.1 Å². The third-order valence-corrected chi connectivity index (χ3v) is 8.33. The summed E-state index contributed by atoms with van der Waals surface area (Å²) in [6.45, 7) is 2.36. The number of amides is 2. The van der Waals surface area contributed by atoms with Crippen LogP contribution in [-0.2, 0) is 11.3 Å². The molecule has 2 saturated heterocycles. The van der Waals surface area contributed by atoms with Gasteiger partial charge in [0.15, 0.2) is 5.92 Å². The number of aromatic nitrogens is 2. The predicted octanol–water partition coefficient (Wildman–Crippen LogP) is 3.21. The average Bonchev–Trinajstić information content (AvgIpc) is 3.38. The van der Waals surface area contributed by atoms with Gasteiger partial charge in [-0.1, -0.05) is 35.9 Å². The van der Waals surface area contributed by atoms with E-state index in [1.165, 1.54) is 12.4 Å². The number of carbonyl (C=O) groups excluding carboxylic acids is 2. The largest absolute Gasteiger partial charge is 0.490 e. The molecule has 0 aliphatic carbocycles. The number of piperazine rings is 1. The third kappa shape index (κ3) is 6.10. The first kappa shape index (κ1) is 29.1. The van der Waals surface area contributed by atoms with Crippen molar-refractivity contribution in [3.8, 4) is 5.75 Å². The van der Waals surface area contributed by atoms with Gasteiger partial charge in [-0.15, -0.1) is 0 Å². The summed E-state index contributed by atoms with van der Waals surface area (Å²) in [5, 5.41) is 0.556. The lowest BCUT2D eigenvalue weighted by Gasteiger charge is -2.40. The molecule has 0 bridgehead atoms. The number of fused-ring (bicyclic) bond motifs is 1. The Hall–Kier alpha value is -3.94. The summed E-state index contributed by atoms with van der Waals surface area (Å²) >= 11 is 5.94. The lowest BCUT2D eigenvalue weighted by molar-refractivity contribution is -0.202. The van der Waals surface area contributed by atoms with Gasteiger partial charge in [0.2, 0.25) is 5.91 Å². The highest BCUT2D eigenvalue weighted by Crippen LogP contribution is 2.41.